The first-order chi connectivity index (χ1) is 13.1. The Labute approximate surface area is 159 Å². The molecule has 1 amide bonds. The monoisotopic (exact) mass is 371 g/mol. The number of nitrogens with one attached hydrogen (secondary N) is 1. The van der Waals surface area contributed by atoms with E-state index in [0.29, 0.717) is 22.9 Å². The molecule has 0 atom stereocenters. The van der Waals surface area contributed by atoms with Crippen LogP contribution in [-0.2, 0) is 0 Å². The average Bonchev–Trinajstić information content (AvgIpc) is 2.73. The second kappa shape index (κ2) is 8.68. The van der Waals surface area contributed by atoms with Crippen LogP contribution in [0.5, 0.6) is 11.5 Å². The van der Waals surface area contributed by atoms with Crippen LogP contribution >= 0.6 is 0 Å². The highest BCUT2D eigenvalue weighted by Gasteiger charge is 2.17. The lowest BCUT2D eigenvalue weighted by Crippen LogP contribution is -2.46. The first-order valence-electron chi connectivity index (χ1n) is 8.99. The highest BCUT2D eigenvalue weighted by Crippen LogP contribution is 2.27. The van der Waals surface area contributed by atoms with Gasteiger partial charge in [0.2, 0.25) is 0 Å². The lowest BCUT2D eigenvalue weighted by atomic mass is 10.2. The van der Waals surface area contributed by atoms with Crippen molar-refractivity contribution in [3.8, 4) is 11.5 Å². The fourth-order valence-electron chi connectivity index (χ4n) is 3.02. The molecule has 1 fully saturated rings. The number of benzene rings is 1. The maximum Gasteiger partial charge on any atom is 0.257 e. The number of nitrogens with zero attached hydrogens (tertiary/aromatic N) is 4. The van der Waals surface area contributed by atoms with E-state index in [0.717, 1.165) is 38.5 Å². The third kappa shape index (κ3) is 4.46. The summed E-state index contributed by atoms with van der Waals surface area (Å²) in [4.78, 5) is 17.1. The summed E-state index contributed by atoms with van der Waals surface area (Å²) < 4.78 is 10.4. The number of hydrogen-bond donors (Lipinski definition) is 1. The van der Waals surface area contributed by atoms with E-state index in [1.54, 1.807) is 31.4 Å². The lowest BCUT2D eigenvalue weighted by molar-refractivity contribution is 0.102. The molecule has 144 valence electrons. The topological polar surface area (TPSA) is 79.8 Å². The third-order valence-corrected chi connectivity index (χ3v) is 4.68. The van der Waals surface area contributed by atoms with Crippen molar-refractivity contribution in [2.45, 2.75) is 6.92 Å². The van der Waals surface area contributed by atoms with Crippen molar-refractivity contribution < 1.29 is 14.3 Å². The minimum absolute atomic E-state index is 0.283. The van der Waals surface area contributed by atoms with E-state index in [4.69, 9.17) is 9.47 Å². The van der Waals surface area contributed by atoms with Gasteiger partial charge in [-0.25, -0.2) is 0 Å². The van der Waals surface area contributed by atoms with Gasteiger partial charge in [0.15, 0.2) is 23.1 Å². The number of hydrogen-bond acceptors (Lipinski definition) is 7. The van der Waals surface area contributed by atoms with Crippen LogP contribution in [0, 0.1) is 0 Å². The van der Waals surface area contributed by atoms with Crippen LogP contribution in [0.1, 0.15) is 17.3 Å². The summed E-state index contributed by atoms with van der Waals surface area (Å²) in [5.74, 6) is 2.02. The van der Waals surface area contributed by atoms with E-state index >= 15 is 0 Å². The van der Waals surface area contributed by atoms with Crippen molar-refractivity contribution >= 4 is 17.5 Å². The van der Waals surface area contributed by atoms with Crippen LogP contribution in [0.2, 0.25) is 0 Å². The molecule has 1 aromatic carbocycles. The maximum absolute atomic E-state index is 12.4. The van der Waals surface area contributed by atoms with Gasteiger partial charge in [0.05, 0.1) is 14.2 Å². The van der Waals surface area contributed by atoms with Crippen molar-refractivity contribution in [2.24, 2.45) is 0 Å². The predicted molar refractivity (Wildman–Crippen MR) is 104 cm³/mol. The number of methoxy groups -OCH3 is 2. The van der Waals surface area contributed by atoms with Crippen LogP contribution in [0.3, 0.4) is 0 Å². The number of carbonyl (C=O) groups is 1. The molecule has 0 radical (unpaired) electrons. The summed E-state index contributed by atoms with van der Waals surface area (Å²) in [6.45, 7) is 7.15. The smallest absolute Gasteiger partial charge is 0.257 e. The molecule has 0 aliphatic carbocycles. The number of amides is 1. The van der Waals surface area contributed by atoms with Gasteiger partial charge in [-0.2, -0.15) is 0 Å². The Morgan fingerprint density at radius 3 is 2.37 bits per heavy atom. The van der Waals surface area contributed by atoms with Gasteiger partial charge in [-0.15, -0.1) is 10.2 Å². The standard InChI is InChI=1S/C19H25N5O3/c1-4-23-9-11-24(12-10-23)18-8-7-17(21-22-18)20-19(25)14-5-6-15(26-2)16(13-14)27-3/h5-8,13H,4,9-12H2,1-3H3,(H,20,21,25). The number of piperazine rings is 1. The molecule has 1 aliphatic heterocycles. The number of ether oxygens (including phenoxy) is 2. The first kappa shape index (κ1) is 18.9. The zero-order valence-electron chi connectivity index (χ0n) is 15.9. The zero-order chi connectivity index (χ0) is 19.2. The molecule has 2 aromatic rings. The minimum atomic E-state index is -0.283. The molecule has 1 saturated heterocycles. The minimum Gasteiger partial charge on any atom is -0.493 e. The van der Waals surface area contributed by atoms with Gasteiger partial charge in [-0.1, -0.05) is 6.92 Å². The van der Waals surface area contributed by atoms with Crippen LogP contribution < -0.4 is 19.7 Å². The maximum atomic E-state index is 12.4. The Morgan fingerprint density at radius 2 is 1.78 bits per heavy atom. The van der Waals surface area contributed by atoms with E-state index in [1.807, 2.05) is 6.07 Å². The Bertz CT molecular complexity index is 773. The summed E-state index contributed by atoms with van der Waals surface area (Å²) >= 11 is 0. The summed E-state index contributed by atoms with van der Waals surface area (Å²) in [6.07, 6.45) is 0. The van der Waals surface area contributed by atoms with Crippen molar-refractivity contribution in [3.05, 3.63) is 35.9 Å². The predicted octanol–water partition coefficient (Wildman–Crippen LogP) is 1.89. The molecular weight excluding hydrogens is 346 g/mol. The molecule has 0 spiro atoms. The number of aromatic nitrogens is 2. The SMILES string of the molecule is CCN1CCN(c2ccc(NC(=O)c3ccc(OC)c(OC)c3)nn2)CC1. The van der Waals surface area contributed by atoms with Crippen molar-refractivity contribution in [3.63, 3.8) is 0 Å². The average molecular weight is 371 g/mol. The van der Waals surface area contributed by atoms with E-state index < -0.39 is 0 Å². The summed E-state index contributed by atoms with van der Waals surface area (Å²) in [6, 6.07) is 8.65. The van der Waals surface area contributed by atoms with Crippen LogP contribution in [-0.4, -0.2) is 67.9 Å². The highest BCUT2D eigenvalue weighted by atomic mass is 16.5. The van der Waals surface area contributed by atoms with Crippen molar-refractivity contribution in [1.29, 1.82) is 0 Å². The Kier molecular flexibility index (Phi) is 6.08. The van der Waals surface area contributed by atoms with E-state index in [-0.39, 0.29) is 5.91 Å². The quantitative estimate of drug-likeness (QED) is 0.830. The molecular formula is C19H25N5O3. The van der Waals surface area contributed by atoms with Crippen molar-refractivity contribution in [2.75, 3.05) is 57.2 Å². The molecule has 27 heavy (non-hydrogen) atoms. The number of carbonyl (C=O) groups excluding carboxylic acids is 1. The van der Waals surface area contributed by atoms with Gasteiger partial charge in [0, 0.05) is 31.7 Å². The third-order valence-electron chi connectivity index (χ3n) is 4.68. The number of anilines is 2. The number of rotatable bonds is 6. The molecule has 0 bridgehead atoms. The highest BCUT2D eigenvalue weighted by molar-refractivity contribution is 6.04. The molecule has 3 rings (SSSR count). The second-order valence-electron chi connectivity index (χ2n) is 6.22. The lowest BCUT2D eigenvalue weighted by Gasteiger charge is -2.34. The van der Waals surface area contributed by atoms with Gasteiger partial charge in [0.1, 0.15) is 0 Å². The fourth-order valence-corrected chi connectivity index (χ4v) is 3.02. The molecule has 8 heteroatoms. The molecule has 1 N–H and O–H groups in total. The second-order valence-corrected chi connectivity index (χ2v) is 6.22. The van der Waals surface area contributed by atoms with Gasteiger partial charge in [0.25, 0.3) is 5.91 Å². The number of likely N-dealkylation sites (N-methyl/N-ethyl adjacent to an activating group) is 1. The zero-order valence-corrected chi connectivity index (χ0v) is 15.9. The van der Waals surface area contributed by atoms with Gasteiger partial charge >= 0.3 is 0 Å². The van der Waals surface area contributed by atoms with Gasteiger partial charge < -0.3 is 24.6 Å². The van der Waals surface area contributed by atoms with E-state index in [2.05, 4.69) is 32.2 Å². The summed E-state index contributed by atoms with van der Waals surface area (Å²) in [5, 5.41) is 11.2. The summed E-state index contributed by atoms with van der Waals surface area (Å²) in [5.41, 5.74) is 0.453. The van der Waals surface area contributed by atoms with E-state index in [9.17, 15) is 4.79 Å². The molecule has 1 aromatic heterocycles. The molecule has 2 heterocycles. The van der Waals surface area contributed by atoms with Gasteiger partial charge in [-0.05, 0) is 36.9 Å². The van der Waals surface area contributed by atoms with Crippen LogP contribution in [0.15, 0.2) is 30.3 Å². The van der Waals surface area contributed by atoms with Crippen molar-refractivity contribution in [1.82, 2.24) is 15.1 Å². The Hall–Kier alpha value is -2.87. The fraction of sp³-hybridized carbons (Fsp3) is 0.421. The molecule has 0 unspecified atom stereocenters. The summed E-state index contributed by atoms with van der Waals surface area (Å²) in [7, 11) is 3.08. The van der Waals surface area contributed by atoms with Gasteiger partial charge in [-0.3, -0.25) is 4.79 Å². The molecule has 0 saturated carbocycles. The molecule has 8 nitrogen and oxygen atoms in total. The molecule has 1 aliphatic rings. The van der Waals surface area contributed by atoms with Crippen LogP contribution in [0.4, 0.5) is 11.6 Å². The van der Waals surface area contributed by atoms with Crippen LogP contribution in [0.25, 0.3) is 0 Å². The Balaban J connectivity index is 1.63. The first-order valence-corrected chi connectivity index (χ1v) is 8.99. The largest absolute Gasteiger partial charge is 0.493 e. The normalized spacial score (nSPS) is 14.7. The van der Waals surface area contributed by atoms with E-state index in [1.165, 1.54) is 7.11 Å². The Morgan fingerprint density at radius 1 is 1.04 bits per heavy atom.